The molecule has 0 heterocycles. The summed E-state index contributed by atoms with van der Waals surface area (Å²) in [7, 11) is 1.58. The van der Waals surface area contributed by atoms with Gasteiger partial charge in [-0.3, -0.25) is 14.4 Å². The number of Topliss-reactive ketones (excluding diaryl/α,β-unsaturated/α-hetero) is 1. The second-order valence-electron chi connectivity index (χ2n) is 5.58. The Labute approximate surface area is 131 Å². The maximum Gasteiger partial charge on any atom is 0.246 e. The maximum absolute atomic E-state index is 11.9. The minimum absolute atomic E-state index is 0.0301. The van der Waals surface area contributed by atoms with Gasteiger partial charge in [0.25, 0.3) is 0 Å². The number of methoxy groups -OCH3 is 1. The van der Waals surface area contributed by atoms with E-state index in [-0.39, 0.29) is 42.7 Å². The molecule has 1 saturated carbocycles. The van der Waals surface area contributed by atoms with Gasteiger partial charge in [-0.05, 0) is 32.6 Å². The molecule has 0 bridgehead atoms. The van der Waals surface area contributed by atoms with Crippen LogP contribution in [-0.2, 0) is 23.9 Å². The minimum Gasteiger partial charge on any atom is -0.382 e. The van der Waals surface area contributed by atoms with Crippen LogP contribution >= 0.6 is 0 Å². The van der Waals surface area contributed by atoms with E-state index in [4.69, 9.17) is 9.47 Å². The van der Waals surface area contributed by atoms with Crippen molar-refractivity contribution >= 4 is 17.6 Å². The van der Waals surface area contributed by atoms with Crippen molar-refractivity contribution in [2.45, 2.75) is 38.6 Å². The highest BCUT2D eigenvalue weighted by Gasteiger charge is 2.26. The molecule has 22 heavy (non-hydrogen) atoms. The Morgan fingerprint density at radius 1 is 1.09 bits per heavy atom. The molecular weight excluding hydrogens is 288 g/mol. The average molecular weight is 314 g/mol. The SMILES string of the molecule is COCCOCC(=O)NC1CCC(C(=O)NCC(C)=O)CC1. The smallest absolute Gasteiger partial charge is 0.246 e. The van der Waals surface area contributed by atoms with Gasteiger partial charge in [0.1, 0.15) is 12.4 Å². The molecule has 1 aliphatic rings. The normalized spacial score (nSPS) is 21.2. The molecule has 0 aromatic carbocycles. The summed E-state index contributed by atoms with van der Waals surface area (Å²) in [5.74, 6) is -0.323. The fourth-order valence-corrected chi connectivity index (χ4v) is 2.43. The van der Waals surface area contributed by atoms with E-state index in [1.165, 1.54) is 6.92 Å². The van der Waals surface area contributed by atoms with E-state index >= 15 is 0 Å². The van der Waals surface area contributed by atoms with Gasteiger partial charge in [0.05, 0.1) is 19.8 Å². The predicted molar refractivity (Wildman–Crippen MR) is 80.3 cm³/mol. The summed E-state index contributed by atoms with van der Waals surface area (Å²) in [6.07, 6.45) is 2.97. The number of amides is 2. The fraction of sp³-hybridized carbons (Fsp3) is 0.800. The Morgan fingerprint density at radius 2 is 1.77 bits per heavy atom. The number of ketones is 1. The molecule has 1 rings (SSSR count). The molecule has 0 radical (unpaired) electrons. The Hall–Kier alpha value is -1.47. The molecule has 7 nitrogen and oxygen atoms in total. The minimum atomic E-state index is -0.138. The van der Waals surface area contributed by atoms with Crippen molar-refractivity contribution in [2.24, 2.45) is 5.92 Å². The van der Waals surface area contributed by atoms with E-state index < -0.39 is 0 Å². The summed E-state index contributed by atoms with van der Waals surface area (Å²) in [6, 6.07) is 0.0929. The topological polar surface area (TPSA) is 93.7 Å². The Balaban J connectivity index is 2.17. The summed E-state index contributed by atoms with van der Waals surface area (Å²) in [5.41, 5.74) is 0. The zero-order valence-electron chi connectivity index (χ0n) is 13.4. The largest absolute Gasteiger partial charge is 0.382 e. The van der Waals surface area contributed by atoms with E-state index in [1.54, 1.807) is 7.11 Å². The number of nitrogens with one attached hydrogen (secondary N) is 2. The monoisotopic (exact) mass is 314 g/mol. The third-order valence-electron chi connectivity index (χ3n) is 3.64. The van der Waals surface area contributed by atoms with Gasteiger partial charge in [-0.25, -0.2) is 0 Å². The van der Waals surface area contributed by atoms with Gasteiger partial charge in [0, 0.05) is 19.1 Å². The molecule has 0 atom stereocenters. The lowest BCUT2D eigenvalue weighted by atomic mass is 9.85. The number of hydrogen-bond acceptors (Lipinski definition) is 5. The van der Waals surface area contributed by atoms with Gasteiger partial charge >= 0.3 is 0 Å². The molecule has 0 aliphatic heterocycles. The summed E-state index contributed by atoms with van der Waals surface area (Å²) < 4.78 is 9.98. The van der Waals surface area contributed by atoms with Crippen molar-refractivity contribution in [1.29, 1.82) is 0 Å². The number of hydrogen-bond donors (Lipinski definition) is 2. The van der Waals surface area contributed by atoms with Crippen molar-refractivity contribution in [3.05, 3.63) is 0 Å². The second kappa shape index (κ2) is 10.3. The Kier molecular flexibility index (Phi) is 8.69. The first-order valence-corrected chi connectivity index (χ1v) is 7.66. The van der Waals surface area contributed by atoms with Crippen LogP contribution in [0.25, 0.3) is 0 Å². The number of rotatable bonds is 9. The van der Waals surface area contributed by atoms with Crippen LogP contribution in [0.2, 0.25) is 0 Å². The lowest BCUT2D eigenvalue weighted by molar-refractivity contribution is -0.129. The zero-order chi connectivity index (χ0) is 16.4. The predicted octanol–water partition coefficient (Wildman–Crippen LogP) is 0.0296. The standard InChI is InChI=1S/C15H26N2O5/c1-11(18)9-16-15(20)12-3-5-13(6-4-12)17-14(19)10-22-8-7-21-2/h12-13H,3-10H2,1-2H3,(H,16,20)(H,17,19). The van der Waals surface area contributed by atoms with E-state index in [0.717, 1.165) is 25.7 Å². The van der Waals surface area contributed by atoms with Crippen molar-refractivity contribution in [1.82, 2.24) is 10.6 Å². The summed E-state index contributed by atoms with van der Waals surface area (Å²) in [5, 5.41) is 5.55. The van der Waals surface area contributed by atoms with Gasteiger partial charge in [-0.1, -0.05) is 0 Å². The van der Waals surface area contributed by atoms with Gasteiger partial charge in [0.2, 0.25) is 11.8 Å². The van der Waals surface area contributed by atoms with Gasteiger partial charge in [-0.2, -0.15) is 0 Å². The van der Waals surface area contributed by atoms with Crippen molar-refractivity contribution < 1.29 is 23.9 Å². The van der Waals surface area contributed by atoms with Crippen molar-refractivity contribution in [3.63, 3.8) is 0 Å². The first-order chi connectivity index (χ1) is 10.5. The summed E-state index contributed by atoms with van der Waals surface area (Å²) in [4.78, 5) is 34.4. The van der Waals surface area contributed by atoms with Gasteiger partial charge in [-0.15, -0.1) is 0 Å². The molecule has 126 valence electrons. The average Bonchev–Trinajstić information content (AvgIpc) is 2.50. The maximum atomic E-state index is 11.9. The molecule has 0 unspecified atom stereocenters. The van der Waals surface area contributed by atoms with Crippen molar-refractivity contribution in [3.8, 4) is 0 Å². The van der Waals surface area contributed by atoms with Gasteiger partial charge in [0.15, 0.2) is 0 Å². The highest BCUT2D eigenvalue weighted by Crippen LogP contribution is 2.24. The molecule has 2 amide bonds. The molecular formula is C15H26N2O5. The first-order valence-electron chi connectivity index (χ1n) is 7.66. The molecule has 2 N–H and O–H groups in total. The van der Waals surface area contributed by atoms with E-state index in [9.17, 15) is 14.4 Å². The summed E-state index contributed by atoms with van der Waals surface area (Å²) in [6.45, 7) is 2.43. The van der Waals surface area contributed by atoms with Gasteiger partial charge < -0.3 is 20.1 Å². The number of carbonyl (C=O) groups excluding carboxylic acids is 3. The highest BCUT2D eigenvalue weighted by molar-refractivity contribution is 5.85. The number of ether oxygens (including phenoxy) is 2. The van der Waals surface area contributed by atoms with Crippen LogP contribution in [0.15, 0.2) is 0 Å². The van der Waals surface area contributed by atoms with Crippen LogP contribution < -0.4 is 10.6 Å². The molecule has 0 aromatic rings. The van der Waals surface area contributed by atoms with E-state index in [1.807, 2.05) is 0 Å². The third kappa shape index (κ3) is 7.51. The zero-order valence-corrected chi connectivity index (χ0v) is 13.4. The molecule has 0 saturated heterocycles. The molecule has 7 heteroatoms. The lowest BCUT2D eigenvalue weighted by Gasteiger charge is -2.28. The quantitative estimate of drug-likeness (QED) is 0.586. The van der Waals surface area contributed by atoms with Crippen LogP contribution in [0.3, 0.4) is 0 Å². The summed E-state index contributed by atoms with van der Waals surface area (Å²) >= 11 is 0. The van der Waals surface area contributed by atoms with Crippen LogP contribution in [0.4, 0.5) is 0 Å². The first kappa shape index (κ1) is 18.6. The van der Waals surface area contributed by atoms with Crippen LogP contribution in [-0.4, -0.2) is 57.1 Å². The van der Waals surface area contributed by atoms with Crippen LogP contribution in [0.1, 0.15) is 32.6 Å². The molecule has 1 aliphatic carbocycles. The van der Waals surface area contributed by atoms with Crippen LogP contribution in [0, 0.1) is 5.92 Å². The van der Waals surface area contributed by atoms with E-state index in [2.05, 4.69) is 10.6 Å². The second-order valence-corrected chi connectivity index (χ2v) is 5.58. The number of carbonyl (C=O) groups is 3. The van der Waals surface area contributed by atoms with Crippen molar-refractivity contribution in [2.75, 3.05) is 33.5 Å². The van der Waals surface area contributed by atoms with E-state index in [0.29, 0.717) is 13.2 Å². The molecule has 1 fully saturated rings. The Bertz CT molecular complexity index is 378. The fourth-order valence-electron chi connectivity index (χ4n) is 2.43. The van der Waals surface area contributed by atoms with Crippen LogP contribution in [0.5, 0.6) is 0 Å². The Morgan fingerprint density at radius 3 is 2.36 bits per heavy atom. The third-order valence-corrected chi connectivity index (χ3v) is 3.64. The molecule has 0 spiro atoms. The molecule has 0 aromatic heterocycles. The highest BCUT2D eigenvalue weighted by atomic mass is 16.5. The lowest BCUT2D eigenvalue weighted by Crippen LogP contribution is -2.42.